The average molecular weight is 1250 g/mol. The van der Waals surface area contributed by atoms with Crippen LogP contribution in [0, 0.1) is 0 Å². The second-order valence-electron chi connectivity index (χ2n) is 21.5. The van der Waals surface area contributed by atoms with Crippen LogP contribution in [0.15, 0.2) is 39.5 Å². The first-order valence-electron chi connectivity index (χ1n) is 22.8. The Hall–Kier alpha value is -0.572. The molecule has 0 aliphatic carbocycles. The molecule has 0 spiro atoms. The largest absolute Gasteiger partial charge is 0.474 e. The van der Waals surface area contributed by atoms with E-state index in [1.165, 1.54) is 6.92 Å². The Labute approximate surface area is 502 Å². The number of phosphoric acid groups is 1. The van der Waals surface area contributed by atoms with Gasteiger partial charge in [0.15, 0.2) is 22.9 Å². The van der Waals surface area contributed by atoms with Gasteiger partial charge in [-0.3, -0.25) is 18.2 Å². The molecule has 0 radical (unpaired) electrons. The second-order valence-corrected chi connectivity index (χ2v) is 41.8. The molecule has 21 heteroatoms. The fraction of sp³-hybridized carbons (Fsp3) is 0.879. The number of rotatable bonds is 30. The van der Waals surface area contributed by atoms with Crippen molar-refractivity contribution in [3.05, 3.63) is 39.5 Å². The van der Waals surface area contributed by atoms with Crippen LogP contribution in [0.3, 0.4) is 0 Å². The van der Waals surface area contributed by atoms with Gasteiger partial charge in [0.2, 0.25) is 16.6 Å². The van der Waals surface area contributed by atoms with Gasteiger partial charge in [0.1, 0.15) is 32.2 Å². The predicted octanol–water partition coefficient (Wildman–Crippen LogP) is 20.4. The molecule has 0 fully saturated rings. The molecule has 16 nitrogen and oxygen atoms in total. The number of carbonyl (C=O) groups excluding carboxylic acids is 1. The van der Waals surface area contributed by atoms with E-state index < -0.39 is 65.7 Å². The Morgan fingerprint density at radius 2 is 0.696 bits per heavy atom. The summed E-state index contributed by atoms with van der Waals surface area (Å²) in [5.41, 5.74) is 0. The lowest BCUT2D eigenvalue weighted by atomic mass is 10.2. The zero-order valence-electron chi connectivity index (χ0n) is 46.6. The van der Waals surface area contributed by atoms with E-state index >= 15 is 0 Å². The summed E-state index contributed by atoms with van der Waals surface area (Å²) in [6, 6.07) is 0. The molecule has 0 aromatic rings. The molecule has 0 amide bonds. The fourth-order valence-corrected chi connectivity index (χ4v) is 7.76. The maximum atomic E-state index is 13.0. The Bertz CT molecular complexity index is 1210. The van der Waals surface area contributed by atoms with Crippen molar-refractivity contribution >= 4 is 47.9 Å². The molecule has 0 aromatic heterocycles. The van der Waals surface area contributed by atoms with Gasteiger partial charge in [0, 0.05) is 0 Å². The van der Waals surface area contributed by atoms with Crippen molar-refractivity contribution in [2.24, 2.45) is 0 Å². The van der Waals surface area contributed by atoms with Crippen LogP contribution in [0.5, 0.6) is 0 Å². The van der Waals surface area contributed by atoms with Crippen molar-refractivity contribution < 1.29 is 75.1 Å². The van der Waals surface area contributed by atoms with E-state index in [-0.39, 0.29) is 142 Å². The Morgan fingerprint density at radius 3 is 0.962 bits per heavy atom. The fourth-order valence-electron chi connectivity index (χ4n) is 3.50. The highest BCUT2D eigenvalue weighted by molar-refractivity contribution is 7.47. The monoisotopic (exact) mass is 1250 g/mol. The van der Waals surface area contributed by atoms with Crippen LogP contribution >= 0.6 is 7.82 Å². The topological polar surface area (TPSA) is 174 Å². The average Bonchev–Trinajstić information content (AvgIpc) is 3.19. The maximum absolute atomic E-state index is 13.0. The number of phosphoric ester groups is 1. The van der Waals surface area contributed by atoms with Gasteiger partial charge in [-0.05, 0) is 86.4 Å². The minimum atomic E-state index is -4.64. The molecule has 79 heavy (non-hydrogen) atoms. The van der Waals surface area contributed by atoms with Crippen LogP contribution in [-0.2, 0) is 70.2 Å². The third-order valence-electron chi connectivity index (χ3n) is 11.7. The molecule has 500 valence electrons. The van der Waals surface area contributed by atoms with Crippen LogP contribution in [0.1, 0.15) is 186 Å². The van der Waals surface area contributed by atoms with Crippen molar-refractivity contribution in [1.82, 2.24) is 0 Å². The number of ether oxygens (including phenoxy) is 3. The first-order chi connectivity index (χ1) is 30.4. The van der Waals surface area contributed by atoms with Crippen LogP contribution < -0.4 is 0 Å². The lowest BCUT2D eigenvalue weighted by Crippen LogP contribution is -2.43. The van der Waals surface area contributed by atoms with Crippen LogP contribution in [0.25, 0.3) is 0 Å². The Kier molecular flexibility index (Phi) is 93.3. The number of hydrogen-bond acceptors (Lipinski definition) is 15. The summed E-state index contributed by atoms with van der Waals surface area (Å²) in [4.78, 5) is 41.0. The number of hydrogen-bond donors (Lipinski definition) is 1. The molecule has 1 N–H and O–H groups in total. The summed E-state index contributed by atoms with van der Waals surface area (Å²) >= 11 is 0. The molecular formula is C58H151O16PSi4. The smallest absolute Gasteiger partial charge is 0.414 e. The first-order valence-corrected chi connectivity index (χ1v) is 36.0. The van der Waals surface area contributed by atoms with Gasteiger partial charge in [0.25, 0.3) is 0 Å². The Morgan fingerprint density at radius 1 is 0.418 bits per heavy atom. The molecule has 0 aliphatic heterocycles. The van der Waals surface area contributed by atoms with E-state index in [9.17, 15) is 9.46 Å². The van der Waals surface area contributed by atoms with Gasteiger partial charge in [0.05, 0.1) is 52.4 Å². The second kappa shape index (κ2) is 59.2. The van der Waals surface area contributed by atoms with Crippen LogP contribution in [0.2, 0.25) is 72.5 Å². The van der Waals surface area contributed by atoms with Gasteiger partial charge in [-0.2, -0.15) is 0 Å². The van der Waals surface area contributed by atoms with Gasteiger partial charge in [-0.1, -0.05) is 172 Å². The van der Waals surface area contributed by atoms with Crippen LogP contribution in [0.4, 0.5) is 0 Å². The van der Waals surface area contributed by atoms with Crippen molar-refractivity contribution in [2.45, 2.75) is 283 Å². The number of carbonyl (C=O) groups is 1. The van der Waals surface area contributed by atoms with E-state index in [1.807, 2.05) is 6.79 Å². The highest BCUT2D eigenvalue weighted by atomic mass is 31.2. The zero-order chi connectivity index (χ0) is 54.4. The van der Waals surface area contributed by atoms with Crippen molar-refractivity contribution in [2.75, 3.05) is 59.5 Å². The molecule has 3 atom stereocenters. The van der Waals surface area contributed by atoms with Gasteiger partial charge >= 0.3 is 7.82 Å². The van der Waals surface area contributed by atoms with E-state index in [0.717, 1.165) is 0 Å². The first kappa shape index (κ1) is 125. The Balaban J connectivity index is -0.000000122. The third-order valence-corrected chi connectivity index (χ3v) is 30.3. The highest BCUT2D eigenvalue weighted by Gasteiger charge is 2.41. The molecule has 0 bridgehead atoms. The van der Waals surface area contributed by atoms with Crippen molar-refractivity contribution in [3.63, 3.8) is 0 Å². The minimum absolute atomic E-state index is 0. The van der Waals surface area contributed by atoms with E-state index in [4.69, 9.17) is 65.6 Å². The molecule has 0 saturated heterocycles. The molecule has 0 rings (SSSR count). The van der Waals surface area contributed by atoms with Gasteiger partial charge in [-0.15, -0.1) is 39.5 Å². The normalized spacial score (nSPS) is 12.6. The van der Waals surface area contributed by atoms with E-state index in [2.05, 4.69) is 175 Å². The SMILES string of the molecule is C.C.C.C.C.C.C.C.C.C.C.C.C=C.C=C.C=C.C=O.CC(COC(COO[Si](C)(C)C(C)(C)C)COO[Si](C)(C)C(C)(C)C)OP(=O)(O)OC(C)OOC(COCCO[Si](C)(C)C(C)(C)C)COCCO[Si](C)(C)C(C)(C)C. The maximum Gasteiger partial charge on any atom is 0.474 e. The molecule has 0 heterocycles. The zero-order valence-corrected chi connectivity index (χ0v) is 51.5. The van der Waals surface area contributed by atoms with Crippen molar-refractivity contribution in [1.29, 1.82) is 0 Å². The standard InChI is InChI=1S/C39H89O15PSi4.3C2H4.CH2O.12CH4/c1-32(27-44-34(30-45-53-58(19,20)38(9,10)11)31-46-54-59(21,22)39(12,13)14)51-55(40,41)52-33(2)49-50-35(28-42-23-25-47-56(15,16)36(3,4)5)29-43-24-26-48-57(17,18)37(6,7)8;4*1-2;;;;;;;;;;;;/h32-35H,23-31H2,1-22H3,(H,40,41);3*1-2H2;1H2;12*1H4. The van der Waals surface area contributed by atoms with E-state index in [1.54, 1.807) is 6.92 Å². The lowest BCUT2D eigenvalue weighted by molar-refractivity contribution is -0.390. The predicted molar refractivity (Wildman–Crippen MR) is 365 cm³/mol. The van der Waals surface area contributed by atoms with Crippen LogP contribution in [-0.4, -0.2) is 129 Å². The van der Waals surface area contributed by atoms with Crippen molar-refractivity contribution in [3.8, 4) is 0 Å². The molecule has 0 aromatic carbocycles. The quantitative estimate of drug-likeness (QED) is 0.0137. The summed E-state index contributed by atoms with van der Waals surface area (Å²) in [5, 5.41) is 0.0282. The minimum Gasteiger partial charge on any atom is -0.414 e. The van der Waals surface area contributed by atoms with E-state index in [0.29, 0.717) is 26.4 Å². The molecule has 0 aliphatic rings. The summed E-state index contributed by atoms with van der Waals surface area (Å²) in [7, 11) is -12.9. The molecule has 3 unspecified atom stereocenters. The third kappa shape index (κ3) is 57.6. The molecule has 0 saturated carbocycles. The summed E-state index contributed by atoms with van der Waals surface area (Å²) in [6.07, 6.45) is -3.49. The lowest BCUT2D eigenvalue weighted by Gasteiger charge is -2.36. The summed E-state index contributed by atoms with van der Waals surface area (Å²) in [6.45, 7) is 67.6. The van der Waals surface area contributed by atoms with Gasteiger partial charge < -0.3 is 32.8 Å². The highest BCUT2D eigenvalue weighted by Crippen LogP contribution is 2.46. The summed E-state index contributed by atoms with van der Waals surface area (Å²) < 4.78 is 65.7. The van der Waals surface area contributed by atoms with Gasteiger partial charge in [-0.25, -0.2) is 24.1 Å². The molecular weight excluding hydrogens is 1100 g/mol. The summed E-state index contributed by atoms with van der Waals surface area (Å²) in [5.74, 6) is 0.